The Bertz CT molecular complexity index is 853. The van der Waals surface area contributed by atoms with Crippen molar-refractivity contribution in [3.63, 3.8) is 0 Å². The number of benzene rings is 1. The van der Waals surface area contributed by atoms with E-state index in [2.05, 4.69) is 22.0 Å². The number of nitrogens with zero attached hydrogens (tertiary/aromatic N) is 2. The number of aliphatic hydroxyl groups is 1. The van der Waals surface area contributed by atoms with E-state index in [4.69, 9.17) is 4.74 Å². The molecule has 154 valence electrons. The van der Waals surface area contributed by atoms with E-state index < -0.39 is 5.60 Å². The van der Waals surface area contributed by atoms with Crippen LogP contribution in [0.25, 0.3) is 0 Å². The summed E-state index contributed by atoms with van der Waals surface area (Å²) >= 11 is 0. The molecule has 1 N–H and O–H groups in total. The van der Waals surface area contributed by atoms with Crippen LogP contribution in [0.15, 0.2) is 36.5 Å². The monoisotopic (exact) mass is 392 g/mol. The van der Waals surface area contributed by atoms with Gasteiger partial charge in [0.25, 0.3) is 0 Å². The van der Waals surface area contributed by atoms with Gasteiger partial charge >= 0.3 is 0 Å². The van der Waals surface area contributed by atoms with Gasteiger partial charge in [-0.1, -0.05) is 18.6 Å². The van der Waals surface area contributed by atoms with Gasteiger partial charge in [-0.3, -0.25) is 9.88 Å². The standard InChI is InChI=1S/C25H32N2O2/c1-29-23-14-19-8-3-2-7-18(19)13-20(23)15-27-16-21-9-6-10-22(17-27)25(21,28)24-11-4-5-12-26-24/h4-5,11-14,21-22,28H,2-3,6-10,15-17H2,1H3/t21-,22-/m1/s1. The van der Waals surface area contributed by atoms with E-state index in [9.17, 15) is 5.11 Å². The molecule has 2 aliphatic carbocycles. The van der Waals surface area contributed by atoms with E-state index >= 15 is 0 Å². The fraction of sp³-hybridized carbons (Fsp3) is 0.560. The van der Waals surface area contributed by atoms with Gasteiger partial charge in [-0.25, -0.2) is 0 Å². The molecule has 0 unspecified atom stereocenters. The molecule has 1 saturated heterocycles. The van der Waals surface area contributed by atoms with Gasteiger partial charge in [0.2, 0.25) is 0 Å². The quantitative estimate of drug-likeness (QED) is 0.851. The Morgan fingerprint density at radius 3 is 2.45 bits per heavy atom. The van der Waals surface area contributed by atoms with E-state index in [0.29, 0.717) is 0 Å². The molecule has 1 aromatic heterocycles. The predicted octanol–water partition coefficient (Wildman–Crippen LogP) is 4.09. The topological polar surface area (TPSA) is 45.6 Å². The van der Waals surface area contributed by atoms with Crippen LogP contribution < -0.4 is 4.74 Å². The molecule has 2 bridgehead atoms. The third kappa shape index (κ3) is 3.36. The molecule has 29 heavy (non-hydrogen) atoms. The summed E-state index contributed by atoms with van der Waals surface area (Å²) in [5.41, 5.74) is 4.36. The minimum Gasteiger partial charge on any atom is -0.496 e. The zero-order valence-electron chi connectivity index (χ0n) is 17.4. The highest BCUT2D eigenvalue weighted by Crippen LogP contribution is 2.49. The van der Waals surface area contributed by atoms with Gasteiger partial charge in [0.15, 0.2) is 0 Å². The molecule has 2 atom stereocenters. The lowest BCUT2D eigenvalue weighted by Gasteiger charge is -2.52. The SMILES string of the molecule is COc1cc2c(cc1CN1C[C@H]3CCC[C@H](C1)C3(O)c1ccccn1)CCCC2. The normalized spacial score (nSPS) is 29.3. The Morgan fingerprint density at radius 2 is 1.79 bits per heavy atom. The fourth-order valence-electron chi connectivity index (χ4n) is 6.06. The van der Waals surface area contributed by atoms with E-state index in [1.54, 1.807) is 7.11 Å². The molecule has 2 fully saturated rings. The maximum atomic E-state index is 11.8. The van der Waals surface area contributed by atoms with Crippen molar-refractivity contribution in [2.75, 3.05) is 20.2 Å². The van der Waals surface area contributed by atoms with Crippen molar-refractivity contribution in [2.24, 2.45) is 11.8 Å². The summed E-state index contributed by atoms with van der Waals surface area (Å²) in [4.78, 5) is 7.09. The summed E-state index contributed by atoms with van der Waals surface area (Å²) in [5.74, 6) is 1.52. The number of rotatable bonds is 4. The molecule has 0 radical (unpaired) electrons. The Kier molecular flexibility index (Phi) is 5.09. The Labute approximate surface area is 173 Å². The van der Waals surface area contributed by atoms with Crippen LogP contribution in [0.5, 0.6) is 5.75 Å². The second-order valence-electron chi connectivity index (χ2n) is 9.20. The molecule has 1 aliphatic heterocycles. The third-order valence-electron chi connectivity index (χ3n) is 7.52. The summed E-state index contributed by atoms with van der Waals surface area (Å²) in [7, 11) is 1.79. The lowest BCUT2D eigenvalue weighted by molar-refractivity contribution is -0.151. The molecule has 0 amide bonds. The van der Waals surface area contributed by atoms with Gasteiger partial charge in [-0.05, 0) is 67.9 Å². The highest BCUT2D eigenvalue weighted by Gasteiger charge is 2.52. The molecule has 1 saturated carbocycles. The lowest BCUT2D eigenvalue weighted by atomic mass is 9.64. The third-order valence-corrected chi connectivity index (χ3v) is 7.52. The molecule has 1 aromatic carbocycles. The zero-order valence-corrected chi connectivity index (χ0v) is 17.4. The molecule has 2 aromatic rings. The van der Waals surface area contributed by atoms with Crippen LogP contribution in [0.4, 0.5) is 0 Å². The second kappa shape index (κ2) is 7.73. The van der Waals surface area contributed by atoms with Crippen molar-refractivity contribution in [1.29, 1.82) is 0 Å². The minimum absolute atomic E-state index is 0.244. The maximum absolute atomic E-state index is 11.8. The largest absolute Gasteiger partial charge is 0.496 e. The van der Waals surface area contributed by atoms with Crippen LogP contribution in [0.2, 0.25) is 0 Å². The van der Waals surface area contributed by atoms with Crippen LogP contribution in [0.3, 0.4) is 0 Å². The Hall–Kier alpha value is -1.91. The first kappa shape index (κ1) is 19.1. The average molecular weight is 393 g/mol. The summed E-state index contributed by atoms with van der Waals surface area (Å²) in [6.07, 6.45) is 10.1. The average Bonchev–Trinajstić information content (AvgIpc) is 2.74. The summed E-state index contributed by atoms with van der Waals surface area (Å²) in [6, 6.07) is 10.6. The number of aryl methyl sites for hydroxylation is 2. The number of hydrogen-bond acceptors (Lipinski definition) is 4. The number of aromatic nitrogens is 1. The first-order chi connectivity index (χ1) is 14.2. The summed E-state index contributed by atoms with van der Waals surface area (Å²) in [6.45, 7) is 2.75. The van der Waals surface area contributed by atoms with Crippen molar-refractivity contribution in [3.05, 3.63) is 58.9 Å². The van der Waals surface area contributed by atoms with Crippen molar-refractivity contribution < 1.29 is 9.84 Å². The zero-order chi connectivity index (χ0) is 19.8. The van der Waals surface area contributed by atoms with E-state index in [1.165, 1.54) is 48.8 Å². The number of piperidine rings is 1. The molecule has 4 heteroatoms. The molecule has 2 heterocycles. The van der Waals surface area contributed by atoms with Crippen LogP contribution in [0, 0.1) is 11.8 Å². The fourth-order valence-corrected chi connectivity index (χ4v) is 6.06. The Morgan fingerprint density at radius 1 is 1.07 bits per heavy atom. The number of hydrogen-bond donors (Lipinski definition) is 1. The van der Waals surface area contributed by atoms with Gasteiger partial charge in [-0.2, -0.15) is 0 Å². The summed E-state index contributed by atoms with van der Waals surface area (Å²) < 4.78 is 5.77. The number of likely N-dealkylation sites (tertiary alicyclic amines) is 1. The summed E-state index contributed by atoms with van der Waals surface area (Å²) in [5, 5.41) is 11.8. The second-order valence-corrected chi connectivity index (χ2v) is 9.20. The molecule has 3 aliphatic rings. The number of pyridine rings is 1. The molecule has 0 spiro atoms. The van der Waals surface area contributed by atoms with Crippen LogP contribution in [-0.4, -0.2) is 35.2 Å². The van der Waals surface area contributed by atoms with Gasteiger partial charge < -0.3 is 9.84 Å². The van der Waals surface area contributed by atoms with Crippen LogP contribution >= 0.6 is 0 Å². The molecule has 5 rings (SSSR count). The molecular formula is C25H32N2O2. The van der Waals surface area contributed by atoms with Crippen molar-refractivity contribution in [1.82, 2.24) is 9.88 Å². The van der Waals surface area contributed by atoms with E-state index in [-0.39, 0.29) is 11.8 Å². The van der Waals surface area contributed by atoms with Gasteiger partial charge in [0, 0.05) is 43.2 Å². The van der Waals surface area contributed by atoms with Gasteiger partial charge in [0.1, 0.15) is 11.4 Å². The number of fused-ring (bicyclic) bond motifs is 3. The predicted molar refractivity (Wildman–Crippen MR) is 114 cm³/mol. The van der Waals surface area contributed by atoms with Gasteiger partial charge in [-0.15, -0.1) is 0 Å². The highest BCUT2D eigenvalue weighted by molar-refractivity contribution is 5.44. The van der Waals surface area contributed by atoms with Crippen LogP contribution in [-0.2, 0) is 25.0 Å². The number of methoxy groups -OCH3 is 1. The van der Waals surface area contributed by atoms with Crippen LogP contribution in [0.1, 0.15) is 54.5 Å². The number of ether oxygens (including phenoxy) is 1. The maximum Gasteiger partial charge on any atom is 0.123 e. The van der Waals surface area contributed by atoms with Crippen molar-refractivity contribution in [2.45, 2.75) is 57.1 Å². The molecular weight excluding hydrogens is 360 g/mol. The van der Waals surface area contributed by atoms with Gasteiger partial charge in [0.05, 0.1) is 12.8 Å². The first-order valence-electron chi connectivity index (χ1n) is 11.2. The minimum atomic E-state index is -0.782. The molecule has 4 nitrogen and oxygen atoms in total. The van der Waals surface area contributed by atoms with E-state index in [1.807, 2.05) is 24.4 Å². The van der Waals surface area contributed by atoms with Crippen molar-refractivity contribution >= 4 is 0 Å². The highest BCUT2D eigenvalue weighted by atomic mass is 16.5. The lowest BCUT2D eigenvalue weighted by Crippen LogP contribution is -2.58. The van der Waals surface area contributed by atoms with E-state index in [0.717, 1.165) is 43.9 Å². The van der Waals surface area contributed by atoms with Crippen molar-refractivity contribution in [3.8, 4) is 5.75 Å². The Balaban J connectivity index is 1.40. The smallest absolute Gasteiger partial charge is 0.123 e. The first-order valence-corrected chi connectivity index (χ1v) is 11.2.